The first-order chi connectivity index (χ1) is 9.56. The van der Waals surface area contributed by atoms with E-state index in [-0.39, 0.29) is 6.04 Å². The second-order valence-corrected chi connectivity index (χ2v) is 6.39. The lowest BCUT2D eigenvalue weighted by molar-refractivity contribution is 0.144. The maximum atomic E-state index is 6.57. The van der Waals surface area contributed by atoms with Crippen LogP contribution in [0.25, 0.3) is 0 Å². The van der Waals surface area contributed by atoms with Gasteiger partial charge >= 0.3 is 0 Å². The number of rotatable bonds is 6. The Labute approximate surface area is 122 Å². The normalized spacial score (nSPS) is 22.7. The zero-order valence-electron chi connectivity index (χ0n) is 12.9. The van der Waals surface area contributed by atoms with Crippen molar-refractivity contribution < 1.29 is 9.47 Å². The number of ether oxygens (including phenoxy) is 2. The lowest BCUT2D eigenvalue weighted by Crippen LogP contribution is -2.30. The van der Waals surface area contributed by atoms with Crippen molar-refractivity contribution in [3.63, 3.8) is 0 Å². The van der Waals surface area contributed by atoms with Gasteiger partial charge in [0.05, 0.1) is 6.61 Å². The van der Waals surface area contributed by atoms with Crippen molar-refractivity contribution in [2.75, 3.05) is 20.3 Å². The number of para-hydroxylation sites is 1. The highest BCUT2D eigenvalue weighted by Gasteiger charge is 2.39. The standard InChI is InChI=1S/C17H27NO2/c1-17(2)10-6-8-14(17)16(18)13-7-4-5-9-15(13)20-12-11-19-3/h4-5,7,9,14,16H,6,8,10-12,18H2,1-3H3. The van der Waals surface area contributed by atoms with E-state index in [1.165, 1.54) is 19.3 Å². The van der Waals surface area contributed by atoms with Crippen LogP contribution in [0.5, 0.6) is 5.75 Å². The average Bonchev–Trinajstić information content (AvgIpc) is 2.78. The molecule has 1 aromatic rings. The van der Waals surface area contributed by atoms with Gasteiger partial charge in [-0.2, -0.15) is 0 Å². The third-order valence-electron chi connectivity index (χ3n) is 4.60. The summed E-state index contributed by atoms with van der Waals surface area (Å²) in [5.74, 6) is 1.43. The van der Waals surface area contributed by atoms with Crippen LogP contribution in [0.4, 0.5) is 0 Å². The van der Waals surface area contributed by atoms with Crippen LogP contribution in [0.3, 0.4) is 0 Å². The minimum atomic E-state index is 0.0474. The first-order valence-electron chi connectivity index (χ1n) is 7.52. The molecule has 0 bridgehead atoms. The Bertz CT molecular complexity index is 431. The molecule has 20 heavy (non-hydrogen) atoms. The van der Waals surface area contributed by atoms with Crippen LogP contribution in [0.1, 0.15) is 44.7 Å². The summed E-state index contributed by atoms with van der Waals surface area (Å²) >= 11 is 0. The van der Waals surface area contributed by atoms with Gasteiger partial charge in [-0.3, -0.25) is 0 Å². The minimum absolute atomic E-state index is 0.0474. The summed E-state index contributed by atoms with van der Waals surface area (Å²) in [6.07, 6.45) is 3.75. The molecule has 112 valence electrons. The molecule has 0 spiro atoms. The average molecular weight is 277 g/mol. The smallest absolute Gasteiger partial charge is 0.124 e. The lowest BCUT2D eigenvalue weighted by atomic mass is 9.75. The lowest BCUT2D eigenvalue weighted by Gasteiger charge is -2.33. The van der Waals surface area contributed by atoms with Crippen LogP contribution in [0.2, 0.25) is 0 Å². The van der Waals surface area contributed by atoms with Gasteiger partial charge in [-0.25, -0.2) is 0 Å². The van der Waals surface area contributed by atoms with E-state index in [0.29, 0.717) is 24.5 Å². The van der Waals surface area contributed by atoms with Gasteiger partial charge in [0.1, 0.15) is 12.4 Å². The van der Waals surface area contributed by atoms with Gasteiger partial charge in [0, 0.05) is 18.7 Å². The SMILES string of the molecule is COCCOc1ccccc1C(N)C1CCCC1(C)C. The molecule has 1 aromatic carbocycles. The van der Waals surface area contributed by atoms with Gasteiger partial charge in [-0.15, -0.1) is 0 Å². The number of hydrogen-bond acceptors (Lipinski definition) is 3. The highest BCUT2D eigenvalue weighted by molar-refractivity contribution is 5.36. The number of hydrogen-bond donors (Lipinski definition) is 1. The van der Waals surface area contributed by atoms with Gasteiger partial charge in [0.2, 0.25) is 0 Å². The Kier molecular flexibility index (Phi) is 5.06. The highest BCUT2D eigenvalue weighted by atomic mass is 16.5. The molecule has 1 aliphatic carbocycles. The predicted molar refractivity (Wildman–Crippen MR) is 81.9 cm³/mol. The fraction of sp³-hybridized carbons (Fsp3) is 0.647. The topological polar surface area (TPSA) is 44.5 Å². The summed E-state index contributed by atoms with van der Waals surface area (Å²) in [5.41, 5.74) is 8.02. The molecule has 2 unspecified atom stereocenters. The molecule has 2 atom stereocenters. The Morgan fingerprint density at radius 3 is 2.70 bits per heavy atom. The van der Waals surface area contributed by atoms with E-state index in [1.54, 1.807) is 7.11 Å². The summed E-state index contributed by atoms with van der Waals surface area (Å²) in [6, 6.07) is 8.19. The molecule has 1 saturated carbocycles. The maximum Gasteiger partial charge on any atom is 0.124 e. The second kappa shape index (κ2) is 6.59. The van der Waals surface area contributed by atoms with E-state index in [1.807, 2.05) is 18.2 Å². The van der Waals surface area contributed by atoms with Crippen molar-refractivity contribution in [3.8, 4) is 5.75 Å². The van der Waals surface area contributed by atoms with Gasteiger partial charge < -0.3 is 15.2 Å². The van der Waals surface area contributed by atoms with E-state index < -0.39 is 0 Å². The molecule has 0 heterocycles. The van der Waals surface area contributed by atoms with E-state index in [4.69, 9.17) is 15.2 Å². The fourth-order valence-electron chi connectivity index (χ4n) is 3.36. The number of nitrogens with two attached hydrogens (primary N) is 1. The van der Waals surface area contributed by atoms with Gasteiger partial charge in [-0.1, -0.05) is 38.5 Å². The van der Waals surface area contributed by atoms with Crippen LogP contribution in [-0.2, 0) is 4.74 Å². The first-order valence-corrected chi connectivity index (χ1v) is 7.52. The highest BCUT2D eigenvalue weighted by Crippen LogP contribution is 2.48. The van der Waals surface area contributed by atoms with E-state index in [2.05, 4.69) is 19.9 Å². The molecule has 0 aliphatic heterocycles. The van der Waals surface area contributed by atoms with Gasteiger partial charge in [0.25, 0.3) is 0 Å². The zero-order chi connectivity index (χ0) is 14.6. The molecule has 0 amide bonds. The first kappa shape index (κ1) is 15.3. The van der Waals surface area contributed by atoms with Crippen molar-refractivity contribution in [1.82, 2.24) is 0 Å². The second-order valence-electron chi connectivity index (χ2n) is 6.39. The molecule has 0 saturated heterocycles. The summed E-state index contributed by atoms with van der Waals surface area (Å²) in [5, 5.41) is 0. The van der Waals surface area contributed by atoms with Crippen LogP contribution in [-0.4, -0.2) is 20.3 Å². The van der Waals surface area contributed by atoms with Crippen molar-refractivity contribution in [1.29, 1.82) is 0 Å². The summed E-state index contributed by atoms with van der Waals surface area (Å²) < 4.78 is 10.9. The molecule has 2 N–H and O–H groups in total. The quantitative estimate of drug-likeness (QED) is 0.809. The largest absolute Gasteiger partial charge is 0.491 e. The zero-order valence-corrected chi connectivity index (χ0v) is 12.9. The molecule has 1 fully saturated rings. The van der Waals surface area contributed by atoms with Crippen molar-refractivity contribution in [2.45, 2.75) is 39.2 Å². The fourth-order valence-corrected chi connectivity index (χ4v) is 3.36. The molecule has 2 rings (SSSR count). The molecule has 0 aromatic heterocycles. The molecule has 1 aliphatic rings. The predicted octanol–water partition coefficient (Wildman–Crippen LogP) is 3.54. The van der Waals surface area contributed by atoms with Gasteiger partial charge in [0.15, 0.2) is 0 Å². The monoisotopic (exact) mass is 277 g/mol. The molecule has 3 nitrogen and oxygen atoms in total. The number of benzene rings is 1. The van der Waals surface area contributed by atoms with Crippen LogP contribution in [0.15, 0.2) is 24.3 Å². The maximum absolute atomic E-state index is 6.57. The number of methoxy groups -OCH3 is 1. The Hall–Kier alpha value is -1.06. The Morgan fingerprint density at radius 2 is 2.05 bits per heavy atom. The Balaban J connectivity index is 2.15. The summed E-state index contributed by atoms with van der Waals surface area (Å²) in [7, 11) is 1.68. The van der Waals surface area contributed by atoms with Crippen LogP contribution >= 0.6 is 0 Å². The van der Waals surface area contributed by atoms with E-state index in [9.17, 15) is 0 Å². The third kappa shape index (κ3) is 3.33. The van der Waals surface area contributed by atoms with Crippen molar-refractivity contribution >= 4 is 0 Å². The molecular weight excluding hydrogens is 250 g/mol. The van der Waals surface area contributed by atoms with Crippen LogP contribution < -0.4 is 10.5 Å². The van der Waals surface area contributed by atoms with E-state index in [0.717, 1.165) is 11.3 Å². The van der Waals surface area contributed by atoms with Gasteiger partial charge in [-0.05, 0) is 30.2 Å². The Morgan fingerprint density at radius 1 is 1.30 bits per heavy atom. The summed E-state index contributed by atoms with van der Waals surface area (Å²) in [6.45, 7) is 5.82. The van der Waals surface area contributed by atoms with Crippen molar-refractivity contribution in [2.24, 2.45) is 17.1 Å². The molecular formula is C17H27NO2. The van der Waals surface area contributed by atoms with E-state index >= 15 is 0 Å². The molecule has 3 heteroatoms. The van der Waals surface area contributed by atoms with Crippen LogP contribution in [0, 0.1) is 11.3 Å². The van der Waals surface area contributed by atoms with Crippen molar-refractivity contribution in [3.05, 3.63) is 29.8 Å². The summed E-state index contributed by atoms with van der Waals surface area (Å²) in [4.78, 5) is 0. The molecule has 0 radical (unpaired) electrons. The third-order valence-corrected chi connectivity index (χ3v) is 4.60. The minimum Gasteiger partial charge on any atom is -0.491 e.